The van der Waals surface area contributed by atoms with Gasteiger partial charge in [-0.05, 0) is 48.5 Å². The van der Waals surface area contributed by atoms with Crippen LogP contribution in [-0.2, 0) is 14.8 Å². The summed E-state index contributed by atoms with van der Waals surface area (Å²) in [5.41, 5.74) is 1.21. The Bertz CT molecular complexity index is 1160. The Balaban J connectivity index is 1.78. The van der Waals surface area contributed by atoms with E-state index in [0.717, 1.165) is 11.8 Å². The summed E-state index contributed by atoms with van der Waals surface area (Å²) in [6.07, 6.45) is 0. The third kappa shape index (κ3) is 6.58. The molecule has 31 heavy (non-hydrogen) atoms. The topological polar surface area (TPSA) is 84.8 Å². The van der Waals surface area contributed by atoms with Crippen molar-refractivity contribution in [3.8, 4) is 5.75 Å². The first-order chi connectivity index (χ1) is 14.9. The number of nitrogens with zero attached hydrogens (tertiary/aromatic N) is 1. The van der Waals surface area contributed by atoms with Gasteiger partial charge in [-0.15, -0.1) is 0 Å². The van der Waals surface area contributed by atoms with Crippen LogP contribution in [0.1, 0.15) is 5.56 Å². The molecule has 0 aliphatic carbocycles. The Morgan fingerprint density at radius 3 is 2.26 bits per heavy atom. The lowest BCUT2D eigenvalue weighted by atomic mass is 10.2. The number of hydrogen-bond acceptors (Lipinski definition) is 5. The Hall–Kier alpha value is -2.81. The van der Waals surface area contributed by atoms with Crippen molar-refractivity contribution < 1.29 is 17.9 Å². The van der Waals surface area contributed by atoms with Gasteiger partial charge in [-0.25, -0.2) is 0 Å². The van der Waals surface area contributed by atoms with E-state index in [1.807, 2.05) is 6.07 Å². The van der Waals surface area contributed by atoms with Crippen molar-refractivity contribution in [2.75, 3.05) is 18.2 Å². The van der Waals surface area contributed by atoms with Gasteiger partial charge in [-0.3, -0.25) is 4.79 Å². The summed E-state index contributed by atoms with van der Waals surface area (Å²) < 4.78 is 34.6. The number of thioether (sulfide) groups is 1. The van der Waals surface area contributed by atoms with Crippen molar-refractivity contribution in [2.45, 2.75) is 4.90 Å². The summed E-state index contributed by atoms with van der Waals surface area (Å²) in [5, 5.41) is 3.42. The smallest absolute Gasteiger partial charge is 0.283 e. The number of carbonyl (C=O) groups is 1. The summed E-state index contributed by atoms with van der Waals surface area (Å²) >= 11 is 6.89. The highest BCUT2D eigenvalue weighted by Gasteiger charge is 2.17. The number of halogens is 1. The fraction of sp³-hybridized carbons (Fsp3) is 0.0909. The zero-order chi connectivity index (χ0) is 22.3. The van der Waals surface area contributed by atoms with Crippen LogP contribution in [0.25, 0.3) is 0 Å². The maximum Gasteiger partial charge on any atom is 0.283 e. The lowest BCUT2D eigenvalue weighted by Gasteiger charge is -2.09. The van der Waals surface area contributed by atoms with Crippen LogP contribution in [0.3, 0.4) is 0 Å². The van der Waals surface area contributed by atoms with Crippen LogP contribution in [0.15, 0.2) is 88.2 Å². The van der Waals surface area contributed by atoms with E-state index in [0.29, 0.717) is 22.0 Å². The minimum atomic E-state index is -3.98. The molecule has 1 amide bonds. The van der Waals surface area contributed by atoms with Crippen molar-refractivity contribution in [2.24, 2.45) is 4.40 Å². The number of hydrogen-bond donors (Lipinski definition) is 1. The third-order valence-corrected chi connectivity index (χ3v) is 6.71. The lowest BCUT2D eigenvalue weighted by molar-refractivity contribution is -0.113. The van der Waals surface area contributed by atoms with Crippen molar-refractivity contribution in [3.63, 3.8) is 0 Å². The molecule has 9 heteroatoms. The molecule has 0 spiro atoms. The molecule has 3 aromatic rings. The molecule has 6 nitrogen and oxygen atoms in total. The Kier molecular flexibility index (Phi) is 7.73. The van der Waals surface area contributed by atoms with Gasteiger partial charge in [0.05, 0.1) is 17.8 Å². The molecule has 0 bridgehead atoms. The molecule has 160 valence electrons. The number of carbonyl (C=O) groups excluding carboxylic acids is 1. The highest BCUT2D eigenvalue weighted by molar-refractivity contribution is 8.15. The van der Waals surface area contributed by atoms with Gasteiger partial charge in [0.25, 0.3) is 10.0 Å². The lowest BCUT2D eigenvalue weighted by Crippen LogP contribution is -2.16. The molecule has 0 aliphatic rings. The summed E-state index contributed by atoms with van der Waals surface area (Å²) in [4.78, 5) is 12.4. The second-order valence-corrected chi connectivity index (χ2v) is 9.26. The highest BCUT2D eigenvalue weighted by Crippen LogP contribution is 2.22. The summed E-state index contributed by atoms with van der Waals surface area (Å²) in [7, 11) is -2.41. The van der Waals surface area contributed by atoms with Gasteiger partial charge in [0.15, 0.2) is 0 Å². The van der Waals surface area contributed by atoms with E-state index in [2.05, 4.69) is 9.71 Å². The number of rotatable bonds is 7. The Labute approximate surface area is 190 Å². The van der Waals surface area contributed by atoms with E-state index < -0.39 is 10.0 Å². The maximum atomic E-state index is 12.8. The summed E-state index contributed by atoms with van der Waals surface area (Å²) in [5.74, 6) is 0.372. The molecule has 0 unspecified atom stereocenters. The summed E-state index contributed by atoms with van der Waals surface area (Å²) in [6, 6.07) is 21.5. The predicted octanol–water partition coefficient (Wildman–Crippen LogP) is 4.86. The largest absolute Gasteiger partial charge is 0.497 e. The fourth-order valence-electron chi connectivity index (χ4n) is 2.52. The number of amides is 1. The van der Waals surface area contributed by atoms with Crippen LogP contribution >= 0.6 is 23.4 Å². The normalized spacial score (nSPS) is 11.7. The monoisotopic (exact) mass is 474 g/mol. The van der Waals surface area contributed by atoms with Crippen LogP contribution in [0, 0.1) is 0 Å². The Morgan fingerprint density at radius 2 is 1.65 bits per heavy atom. The molecular weight excluding hydrogens is 456 g/mol. The summed E-state index contributed by atoms with van der Waals surface area (Å²) in [6.45, 7) is 0. The molecule has 0 aliphatic heterocycles. The van der Waals surface area contributed by atoms with E-state index in [-0.39, 0.29) is 21.6 Å². The quantitative estimate of drug-likeness (QED) is 0.390. The SMILES string of the molecule is COc1ccc(NC(=O)CS/C(=N\S(=O)(=O)c2ccc(Cl)cc2)c2ccccc2)cc1. The van der Waals surface area contributed by atoms with E-state index in [1.54, 1.807) is 55.6 Å². The predicted molar refractivity (Wildman–Crippen MR) is 126 cm³/mol. The average Bonchev–Trinajstić information content (AvgIpc) is 2.78. The van der Waals surface area contributed by atoms with Gasteiger partial charge in [-0.2, -0.15) is 12.8 Å². The molecule has 0 radical (unpaired) electrons. The molecule has 1 N–H and O–H groups in total. The van der Waals surface area contributed by atoms with Gasteiger partial charge in [0.2, 0.25) is 5.91 Å². The van der Waals surface area contributed by atoms with Crippen LogP contribution in [0.4, 0.5) is 5.69 Å². The third-order valence-electron chi connectivity index (χ3n) is 4.05. The van der Waals surface area contributed by atoms with Crippen molar-refractivity contribution in [1.82, 2.24) is 0 Å². The number of nitrogens with one attached hydrogen (secondary N) is 1. The number of anilines is 1. The number of methoxy groups -OCH3 is 1. The minimum absolute atomic E-state index is 0.0180. The number of ether oxygens (including phenoxy) is 1. The minimum Gasteiger partial charge on any atom is -0.497 e. The second-order valence-electron chi connectivity index (χ2n) is 6.26. The van der Waals surface area contributed by atoms with Gasteiger partial charge in [0.1, 0.15) is 10.8 Å². The zero-order valence-electron chi connectivity index (χ0n) is 16.5. The molecular formula is C22H19ClN2O4S2. The number of benzene rings is 3. The fourth-order valence-corrected chi connectivity index (χ4v) is 4.70. The first kappa shape index (κ1) is 22.9. The van der Waals surface area contributed by atoms with Gasteiger partial charge in [0, 0.05) is 16.3 Å². The van der Waals surface area contributed by atoms with Gasteiger partial charge in [-0.1, -0.05) is 53.7 Å². The molecule has 3 aromatic carbocycles. The van der Waals surface area contributed by atoms with Crippen LogP contribution in [0.5, 0.6) is 5.75 Å². The van der Waals surface area contributed by atoms with E-state index >= 15 is 0 Å². The molecule has 0 fully saturated rings. The Morgan fingerprint density at radius 1 is 1.00 bits per heavy atom. The maximum absolute atomic E-state index is 12.8. The van der Waals surface area contributed by atoms with Crippen molar-refractivity contribution in [3.05, 3.63) is 89.4 Å². The number of sulfonamides is 1. The second kappa shape index (κ2) is 10.5. The van der Waals surface area contributed by atoms with Gasteiger partial charge >= 0.3 is 0 Å². The first-order valence-corrected chi connectivity index (χ1v) is 11.9. The first-order valence-electron chi connectivity index (χ1n) is 9.10. The molecule has 0 aromatic heterocycles. The average molecular weight is 475 g/mol. The standard InChI is InChI=1S/C22H19ClN2O4S2/c1-29-19-11-9-18(10-12-19)24-21(26)15-30-22(16-5-3-2-4-6-16)25-31(27,28)20-13-7-17(23)8-14-20/h2-14H,15H2,1H3,(H,24,26)/b25-22-. The van der Waals surface area contributed by atoms with Gasteiger partial charge < -0.3 is 10.1 Å². The van der Waals surface area contributed by atoms with Crippen molar-refractivity contribution in [1.29, 1.82) is 0 Å². The van der Waals surface area contributed by atoms with E-state index in [9.17, 15) is 13.2 Å². The molecule has 0 atom stereocenters. The van der Waals surface area contributed by atoms with Crippen LogP contribution in [0.2, 0.25) is 5.02 Å². The van der Waals surface area contributed by atoms with E-state index in [4.69, 9.17) is 16.3 Å². The van der Waals surface area contributed by atoms with Crippen LogP contribution < -0.4 is 10.1 Å². The zero-order valence-corrected chi connectivity index (χ0v) is 18.9. The molecule has 0 heterocycles. The molecule has 0 saturated carbocycles. The van der Waals surface area contributed by atoms with E-state index in [1.165, 1.54) is 24.3 Å². The van der Waals surface area contributed by atoms with Crippen LogP contribution in [-0.4, -0.2) is 32.2 Å². The van der Waals surface area contributed by atoms with Crippen molar-refractivity contribution >= 4 is 50.0 Å². The molecule has 3 rings (SSSR count). The molecule has 0 saturated heterocycles. The highest BCUT2D eigenvalue weighted by atomic mass is 35.5.